The lowest BCUT2D eigenvalue weighted by molar-refractivity contribution is 0.209. The summed E-state index contributed by atoms with van der Waals surface area (Å²) in [6.45, 7) is 2.07. The molecule has 2 heteroatoms. The maximum absolute atomic E-state index is 9.07. The molecule has 2 nitrogen and oxygen atoms in total. The van der Waals surface area contributed by atoms with Gasteiger partial charge in [0.05, 0.1) is 12.2 Å². The van der Waals surface area contributed by atoms with Gasteiger partial charge in [0.1, 0.15) is 0 Å². The predicted octanol–water partition coefficient (Wildman–Crippen LogP) is 1.62. The zero-order valence-electron chi connectivity index (χ0n) is 6.25. The summed E-state index contributed by atoms with van der Waals surface area (Å²) in [6.07, 6.45) is 5.26. The smallest absolute Gasteiger partial charge is 0.0909 e. The molecular formula is C8H13NO. The van der Waals surface area contributed by atoms with E-state index in [2.05, 4.69) is 6.92 Å². The number of nitriles is 1. The molecule has 56 valence electrons. The van der Waals surface area contributed by atoms with Crippen molar-refractivity contribution in [3.63, 3.8) is 0 Å². The third kappa shape index (κ3) is 5.33. The van der Waals surface area contributed by atoms with E-state index in [9.17, 15) is 0 Å². The van der Waals surface area contributed by atoms with Crippen LogP contribution in [0.2, 0.25) is 0 Å². The maximum Gasteiger partial charge on any atom is 0.0909 e. The number of hydrogen-bond donors (Lipinski definition) is 1. The summed E-state index contributed by atoms with van der Waals surface area (Å²) in [7, 11) is 0. The monoisotopic (exact) mass is 139 g/mol. The number of rotatable bonds is 4. The molecule has 10 heavy (non-hydrogen) atoms. The fourth-order valence-electron chi connectivity index (χ4n) is 0.664. The standard InChI is InChI=1S/C8H13NO/c1-2-3-5-8(10)6-4-7-9/h4,6,8,10H,2-3,5H2,1H3/b6-4+/t8-/m1/s1. The molecule has 0 saturated heterocycles. The molecule has 0 aliphatic rings. The van der Waals surface area contributed by atoms with Crippen molar-refractivity contribution in [1.29, 1.82) is 5.26 Å². The molecule has 0 unspecified atom stereocenters. The lowest BCUT2D eigenvalue weighted by atomic mass is 10.1. The highest BCUT2D eigenvalue weighted by Gasteiger charge is 1.95. The van der Waals surface area contributed by atoms with Crippen LogP contribution in [0, 0.1) is 11.3 Å². The molecule has 0 aromatic rings. The SMILES string of the molecule is CCCC[C@@H](O)/C=C/C#N. The first-order valence-electron chi connectivity index (χ1n) is 3.55. The highest BCUT2D eigenvalue weighted by atomic mass is 16.3. The van der Waals surface area contributed by atoms with Gasteiger partial charge in [-0.2, -0.15) is 5.26 Å². The normalized spacial score (nSPS) is 13.3. The Morgan fingerprint density at radius 2 is 2.40 bits per heavy atom. The first-order valence-corrected chi connectivity index (χ1v) is 3.55. The molecule has 0 fully saturated rings. The molecular weight excluding hydrogens is 126 g/mol. The summed E-state index contributed by atoms with van der Waals surface area (Å²) in [6, 6.07) is 1.83. The third-order valence-corrected chi connectivity index (χ3v) is 1.25. The summed E-state index contributed by atoms with van der Waals surface area (Å²) >= 11 is 0. The zero-order valence-corrected chi connectivity index (χ0v) is 6.25. The van der Waals surface area contributed by atoms with E-state index in [-0.39, 0.29) is 0 Å². The topological polar surface area (TPSA) is 44.0 Å². The van der Waals surface area contributed by atoms with Crippen molar-refractivity contribution < 1.29 is 5.11 Å². The van der Waals surface area contributed by atoms with Crippen molar-refractivity contribution in [3.05, 3.63) is 12.2 Å². The van der Waals surface area contributed by atoms with Gasteiger partial charge >= 0.3 is 0 Å². The number of aliphatic hydroxyl groups excluding tert-OH is 1. The number of aliphatic hydroxyl groups is 1. The van der Waals surface area contributed by atoms with Gasteiger partial charge in [0.15, 0.2) is 0 Å². The quantitative estimate of drug-likeness (QED) is 0.601. The molecule has 0 radical (unpaired) electrons. The molecule has 0 spiro atoms. The zero-order chi connectivity index (χ0) is 7.82. The Hall–Kier alpha value is -0.810. The van der Waals surface area contributed by atoms with Crippen LogP contribution in [-0.2, 0) is 0 Å². The fourth-order valence-corrected chi connectivity index (χ4v) is 0.664. The Morgan fingerprint density at radius 3 is 2.90 bits per heavy atom. The molecule has 0 aliphatic heterocycles. The number of allylic oxidation sites excluding steroid dienone is 1. The van der Waals surface area contributed by atoms with Crippen LogP contribution in [0.1, 0.15) is 26.2 Å². The van der Waals surface area contributed by atoms with Gasteiger partial charge in [-0.3, -0.25) is 0 Å². The van der Waals surface area contributed by atoms with E-state index in [4.69, 9.17) is 10.4 Å². The first kappa shape index (κ1) is 9.19. The summed E-state index contributed by atoms with van der Waals surface area (Å²) in [5.74, 6) is 0. The van der Waals surface area contributed by atoms with Gasteiger partial charge < -0.3 is 5.11 Å². The predicted molar refractivity (Wildman–Crippen MR) is 40.3 cm³/mol. The Kier molecular flexibility index (Phi) is 5.80. The number of nitrogens with zero attached hydrogens (tertiary/aromatic N) is 1. The minimum absolute atomic E-state index is 0.431. The van der Waals surface area contributed by atoms with Gasteiger partial charge in [-0.25, -0.2) is 0 Å². The summed E-state index contributed by atoms with van der Waals surface area (Å²) in [5.41, 5.74) is 0. The van der Waals surface area contributed by atoms with Crippen LogP contribution in [0.15, 0.2) is 12.2 Å². The van der Waals surface area contributed by atoms with E-state index < -0.39 is 6.10 Å². The van der Waals surface area contributed by atoms with Crippen molar-refractivity contribution in [2.75, 3.05) is 0 Å². The van der Waals surface area contributed by atoms with Crippen LogP contribution in [-0.4, -0.2) is 11.2 Å². The van der Waals surface area contributed by atoms with Crippen molar-refractivity contribution in [2.24, 2.45) is 0 Å². The third-order valence-electron chi connectivity index (χ3n) is 1.25. The van der Waals surface area contributed by atoms with E-state index >= 15 is 0 Å². The van der Waals surface area contributed by atoms with Gasteiger partial charge in [-0.1, -0.05) is 19.8 Å². The Morgan fingerprint density at radius 1 is 1.70 bits per heavy atom. The lowest BCUT2D eigenvalue weighted by Crippen LogP contribution is -2.00. The molecule has 0 heterocycles. The molecule has 0 bridgehead atoms. The molecule has 0 aliphatic carbocycles. The maximum atomic E-state index is 9.07. The van der Waals surface area contributed by atoms with Crippen LogP contribution in [0.25, 0.3) is 0 Å². The van der Waals surface area contributed by atoms with Crippen LogP contribution < -0.4 is 0 Å². The van der Waals surface area contributed by atoms with Crippen LogP contribution >= 0.6 is 0 Å². The van der Waals surface area contributed by atoms with Crippen LogP contribution in [0.3, 0.4) is 0 Å². The van der Waals surface area contributed by atoms with Crippen molar-refractivity contribution >= 4 is 0 Å². The minimum atomic E-state index is -0.431. The van der Waals surface area contributed by atoms with Crippen LogP contribution in [0.5, 0.6) is 0 Å². The number of hydrogen-bond acceptors (Lipinski definition) is 2. The van der Waals surface area contributed by atoms with Gasteiger partial charge in [0, 0.05) is 6.08 Å². The van der Waals surface area contributed by atoms with Crippen molar-refractivity contribution in [1.82, 2.24) is 0 Å². The second-order valence-electron chi connectivity index (χ2n) is 2.20. The van der Waals surface area contributed by atoms with E-state index in [1.807, 2.05) is 6.07 Å². The first-order chi connectivity index (χ1) is 4.81. The Balaban J connectivity index is 3.35. The molecule has 0 aromatic carbocycles. The Bertz CT molecular complexity index is 135. The highest BCUT2D eigenvalue weighted by Crippen LogP contribution is 2.00. The summed E-state index contributed by atoms with van der Waals surface area (Å²) in [4.78, 5) is 0. The van der Waals surface area contributed by atoms with Crippen molar-refractivity contribution in [3.8, 4) is 6.07 Å². The highest BCUT2D eigenvalue weighted by molar-refractivity contribution is 5.04. The van der Waals surface area contributed by atoms with Crippen molar-refractivity contribution in [2.45, 2.75) is 32.3 Å². The molecule has 0 saturated carbocycles. The largest absolute Gasteiger partial charge is 0.389 e. The Labute approximate surface area is 61.8 Å². The average Bonchev–Trinajstić information content (AvgIpc) is 1.97. The minimum Gasteiger partial charge on any atom is -0.389 e. The van der Waals surface area contributed by atoms with E-state index in [0.717, 1.165) is 19.3 Å². The lowest BCUT2D eigenvalue weighted by Gasteiger charge is -2.00. The average molecular weight is 139 g/mol. The van der Waals surface area contributed by atoms with Gasteiger partial charge in [0.25, 0.3) is 0 Å². The molecule has 1 N–H and O–H groups in total. The molecule has 1 atom stereocenters. The molecule has 0 aromatic heterocycles. The summed E-state index contributed by atoms with van der Waals surface area (Å²) in [5, 5.41) is 17.2. The van der Waals surface area contributed by atoms with Crippen LogP contribution in [0.4, 0.5) is 0 Å². The van der Waals surface area contributed by atoms with E-state index in [1.54, 1.807) is 0 Å². The van der Waals surface area contributed by atoms with E-state index in [0.29, 0.717) is 0 Å². The second-order valence-corrected chi connectivity index (χ2v) is 2.20. The van der Waals surface area contributed by atoms with Gasteiger partial charge in [0.2, 0.25) is 0 Å². The second kappa shape index (κ2) is 6.31. The van der Waals surface area contributed by atoms with E-state index in [1.165, 1.54) is 12.2 Å². The molecule has 0 amide bonds. The summed E-state index contributed by atoms with van der Waals surface area (Å²) < 4.78 is 0. The number of unbranched alkanes of at least 4 members (excludes halogenated alkanes) is 1. The molecule has 0 rings (SSSR count). The van der Waals surface area contributed by atoms with Gasteiger partial charge in [-0.05, 0) is 12.5 Å². The fraction of sp³-hybridized carbons (Fsp3) is 0.625. The van der Waals surface area contributed by atoms with Gasteiger partial charge in [-0.15, -0.1) is 0 Å².